The number of nitrogens with zero attached hydrogens (tertiary/aromatic N) is 2. The maximum absolute atomic E-state index is 12.6. The molecule has 1 aliphatic carbocycles. The van der Waals surface area contributed by atoms with Crippen molar-refractivity contribution >= 4 is 5.91 Å². The summed E-state index contributed by atoms with van der Waals surface area (Å²) in [7, 11) is 0. The Kier molecular flexibility index (Phi) is 4.81. The van der Waals surface area contributed by atoms with E-state index in [1.54, 1.807) is 6.20 Å². The number of carbonyl (C=O) groups excluding carboxylic acids is 1. The molecule has 0 aromatic carbocycles. The molecule has 2 saturated heterocycles. The highest BCUT2D eigenvalue weighted by Crippen LogP contribution is 2.38. The highest BCUT2D eigenvalue weighted by atomic mass is 16.5. The van der Waals surface area contributed by atoms with Gasteiger partial charge < -0.3 is 14.4 Å². The standard InChI is InChI=1S/C19H26N2O3/c22-19(18-7-3-9-23-18)21-11-15-5-1-6-17(16(15)12-21)24-13-14-4-2-8-20-10-14/h2,4,8,10,15-18H,1,3,5-7,9,11-13H2/t15-,16+,17+,18+/m1/s1. The maximum atomic E-state index is 12.6. The predicted molar refractivity (Wildman–Crippen MR) is 89.2 cm³/mol. The minimum absolute atomic E-state index is 0.195. The van der Waals surface area contributed by atoms with Gasteiger partial charge in [-0.1, -0.05) is 12.5 Å². The molecule has 1 saturated carbocycles. The van der Waals surface area contributed by atoms with Gasteiger partial charge in [0, 0.05) is 38.0 Å². The van der Waals surface area contributed by atoms with Crippen LogP contribution in [0.5, 0.6) is 0 Å². The number of pyridine rings is 1. The second-order valence-corrected chi connectivity index (χ2v) is 7.31. The number of hydrogen-bond donors (Lipinski definition) is 0. The maximum Gasteiger partial charge on any atom is 0.251 e. The van der Waals surface area contributed by atoms with Crippen LogP contribution in [-0.4, -0.2) is 47.7 Å². The predicted octanol–water partition coefficient (Wildman–Crippen LogP) is 2.40. The van der Waals surface area contributed by atoms with E-state index in [4.69, 9.17) is 9.47 Å². The van der Waals surface area contributed by atoms with Crippen LogP contribution in [0.25, 0.3) is 0 Å². The Labute approximate surface area is 143 Å². The number of amides is 1. The summed E-state index contributed by atoms with van der Waals surface area (Å²) in [4.78, 5) is 18.8. The van der Waals surface area contributed by atoms with E-state index in [0.29, 0.717) is 18.4 Å². The highest BCUT2D eigenvalue weighted by Gasteiger charge is 2.43. The number of fused-ring (bicyclic) bond motifs is 1. The molecular weight excluding hydrogens is 304 g/mol. The fourth-order valence-corrected chi connectivity index (χ4v) is 4.47. The van der Waals surface area contributed by atoms with E-state index in [2.05, 4.69) is 11.1 Å². The lowest BCUT2D eigenvalue weighted by molar-refractivity contribution is -0.140. The number of rotatable bonds is 4. The van der Waals surface area contributed by atoms with Gasteiger partial charge in [-0.2, -0.15) is 0 Å². The smallest absolute Gasteiger partial charge is 0.251 e. The fraction of sp³-hybridized carbons (Fsp3) is 0.684. The van der Waals surface area contributed by atoms with Crippen molar-refractivity contribution in [3.05, 3.63) is 30.1 Å². The van der Waals surface area contributed by atoms with Crippen LogP contribution >= 0.6 is 0 Å². The van der Waals surface area contributed by atoms with Gasteiger partial charge >= 0.3 is 0 Å². The Balaban J connectivity index is 1.36. The second-order valence-electron chi connectivity index (χ2n) is 7.31. The Bertz CT molecular complexity index is 559. The Morgan fingerprint density at radius 2 is 2.25 bits per heavy atom. The Morgan fingerprint density at radius 3 is 3.04 bits per heavy atom. The molecular formula is C19H26N2O3. The lowest BCUT2D eigenvalue weighted by Gasteiger charge is -2.32. The monoisotopic (exact) mass is 330 g/mol. The van der Waals surface area contributed by atoms with Crippen molar-refractivity contribution in [2.75, 3.05) is 19.7 Å². The SMILES string of the molecule is O=C([C@@H]1CCCO1)N1C[C@H]2CCC[C@H](OCc3cccnc3)[C@H]2C1. The molecule has 1 aromatic heterocycles. The third-order valence-electron chi connectivity index (χ3n) is 5.74. The summed E-state index contributed by atoms with van der Waals surface area (Å²) < 4.78 is 11.8. The lowest BCUT2D eigenvalue weighted by Crippen LogP contribution is -2.38. The highest BCUT2D eigenvalue weighted by molar-refractivity contribution is 5.81. The molecule has 4 atom stereocenters. The molecule has 0 N–H and O–H groups in total. The van der Waals surface area contributed by atoms with E-state index in [1.165, 1.54) is 12.8 Å². The van der Waals surface area contributed by atoms with E-state index in [0.717, 1.165) is 44.5 Å². The van der Waals surface area contributed by atoms with Crippen LogP contribution in [0.4, 0.5) is 0 Å². The molecule has 5 nitrogen and oxygen atoms in total. The summed E-state index contributed by atoms with van der Waals surface area (Å²) >= 11 is 0. The van der Waals surface area contributed by atoms with Crippen molar-refractivity contribution in [2.45, 2.75) is 50.9 Å². The van der Waals surface area contributed by atoms with Gasteiger partial charge in [0.2, 0.25) is 0 Å². The van der Waals surface area contributed by atoms with Crippen LogP contribution in [0.2, 0.25) is 0 Å². The van der Waals surface area contributed by atoms with E-state index < -0.39 is 0 Å². The zero-order valence-electron chi connectivity index (χ0n) is 14.1. The summed E-state index contributed by atoms with van der Waals surface area (Å²) in [5.74, 6) is 1.26. The summed E-state index contributed by atoms with van der Waals surface area (Å²) in [5.41, 5.74) is 1.12. The number of likely N-dealkylation sites (tertiary alicyclic amines) is 1. The number of ether oxygens (including phenoxy) is 2. The van der Waals surface area contributed by atoms with Crippen molar-refractivity contribution in [3.8, 4) is 0 Å². The van der Waals surface area contributed by atoms with Gasteiger partial charge in [0.1, 0.15) is 6.10 Å². The molecule has 3 heterocycles. The quantitative estimate of drug-likeness (QED) is 0.851. The third kappa shape index (κ3) is 3.33. The molecule has 5 heteroatoms. The first-order chi connectivity index (χ1) is 11.8. The molecule has 3 aliphatic rings. The van der Waals surface area contributed by atoms with Crippen molar-refractivity contribution < 1.29 is 14.3 Å². The minimum Gasteiger partial charge on any atom is -0.373 e. The number of aromatic nitrogens is 1. The number of carbonyl (C=O) groups is 1. The molecule has 0 radical (unpaired) electrons. The zero-order chi connectivity index (χ0) is 16.4. The topological polar surface area (TPSA) is 51.7 Å². The van der Waals surface area contributed by atoms with Crippen LogP contribution < -0.4 is 0 Å². The first-order valence-corrected chi connectivity index (χ1v) is 9.22. The average molecular weight is 330 g/mol. The third-order valence-corrected chi connectivity index (χ3v) is 5.74. The van der Waals surface area contributed by atoms with Crippen LogP contribution in [0, 0.1) is 11.8 Å². The van der Waals surface area contributed by atoms with Gasteiger partial charge in [0.15, 0.2) is 0 Å². The van der Waals surface area contributed by atoms with Gasteiger partial charge in [0.25, 0.3) is 5.91 Å². The number of hydrogen-bond acceptors (Lipinski definition) is 4. The van der Waals surface area contributed by atoms with E-state index in [-0.39, 0.29) is 18.1 Å². The molecule has 2 aliphatic heterocycles. The molecule has 0 spiro atoms. The summed E-state index contributed by atoms with van der Waals surface area (Å²) in [5, 5.41) is 0. The fourth-order valence-electron chi connectivity index (χ4n) is 4.47. The van der Waals surface area contributed by atoms with Crippen molar-refractivity contribution in [3.63, 3.8) is 0 Å². The molecule has 0 bridgehead atoms. The van der Waals surface area contributed by atoms with Crippen LogP contribution in [0.15, 0.2) is 24.5 Å². The van der Waals surface area contributed by atoms with E-state index in [1.807, 2.05) is 17.2 Å². The average Bonchev–Trinajstić information content (AvgIpc) is 3.30. The van der Waals surface area contributed by atoms with E-state index >= 15 is 0 Å². The van der Waals surface area contributed by atoms with Gasteiger partial charge in [0.05, 0.1) is 12.7 Å². The molecule has 130 valence electrons. The zero-order valence-corrected chi connectivity index (χ0v) is 14.1. The molecule has 1 amide bonds. The summed E-state index contributed by atoms with van der Waals surface area (Å²) in [6.07, 6.45) is 9.11. The van der Waals surface area contributed by atoms with Crippen LogP contribution in [0.1, 0.15) is 37.7 Å². The van der Waals surface area contributed by atoms with Gasteiger partial charge in [-0.3, -0.25) is 9.78 Å². The summed E-state index contributed by atoms with van der Waals surface area (Å²) in [6.45, 7) is 3.06. The molecule has 24 heavy (non-hydrogen) atoms. The first kappa shape index (κ1) is 16.0. The summed E-state index contributed by atoms with van der Waals surface area (Å²) in [6, 6.07) is 4.00. The normalized spacial score (nSPS) is 32.8. The van der Waals surface area contributed by atoms with Crippen LogP contribution in [0.3, 0.4) is 0 Å². The first-order valence-electron chi connectivity index (χ1n) is 9.22. The molecule has 4 rings (SSSR count). The van der Waals surface area contributed by atoms with Gasteiger partial charge in [-0.15, -0.1) is 0 Å². The second kappa shape index (κ2) is 7.19. The van der Waals surface area contributed by atoms with Crippen molar-refractivity contribution in [2.24, 2.45) is 11.8 Å². The van der Waals surface area contributed by atoms with Crippen molar-refractivity contribution in [1.29, 1.82) is 0 Å². The molecule has 0 unspecified atom stereocenters. The minimum atomic E-state index is -0.195. The van der Waals surface area contributed by atoms with Gasteiger partial charge in [-0.05, 0) is 43.2 Å². The van der Waals surface area contributed by atoms with Crippen LogP contribution in [-0.2, 0) is 20.9 Å². The Hall–Kier alpha value is -1.46. The van der Waals surface area contributed by atoms with E-state index in [9.17, 15) is 4.79 Å². The Morgan fingerprint density at radius 1 is 1.29 bits per heavy atom. The lowest BCUT2D eigenvalue weighted by atomic mass is 9.79. The largest absolute Gasteiger partial charge is 0.373 e. The molecule has 3 fully saturated rings. The molecule has 1 aromatic rings. The van der Waals surface area contributed by atoms with Crippen molar-refractivity contribution in [1.82, 2.24) is 9.88 Å². The van der Waals surface area contributed by atoms with Gasteiger partial charge in [-0.25, -0.2) is 0 Å².